The molecule has 1 aromatic heterocycles. The molecule has 126 valence electrons. The van der Waals surface area contributed by atoms with Crippen molar-refractivity contribution >= 4 is 23.2 Å². The minimum Gasteiger partial charge on any atom is -0.494 e. The number of benzene rings is 1. The predicted molar refractivity (Wildman–Crippen MR) is 93.4 cm³/mol. The van der Waals surface area contributed by atoms with E-state index in [2.05, 4.69) is 16.8 Å². The van der Waals surface area contributed by atoms with Crippen molar-refractivity contribution < 1.29 is 14.3 Å². The molecule has 2 aromatic rings. The molecule has 0 radical (unpaired) electrons. The van der Waals surface area contributed by atoms with Crippen LogP contribution in [0, 0.1) is 0 Å². The molecule has 5 nitrogen and oxygen atoms in total. The number of fused-ring (bicyclic) bond motifs is 1. The lowest BCUT2D eigenvalue weighted by Gasteiger charge is -2.27. The van der Waals surface area contributed by atoms with Gasteiger partial charge in [0.05, 0.1) is 13.2 Å². The number of hydrogen-bond acceptors (Lipinski definition) is 4. The van der Waals surface area contributed by atoms with E-state index < -0.39 is 0 Å². The molecule has 0 bridgehead atoms. The molecule has 0 atom stereocenters. The second kappa shape index (κ2) is 7.49. The van der Waals surface area contributed by atoms with Crippen LogP contribution in [0.25, 0.3) is 0 Å². The van der Waals surface area contributed by atoms with Gasteiger partial charge in [-0.1, -0.05) is 0 Å². The average Bonchev–Trinajstić information content (AvgIpc) is 3.08. The molecule has 0 saturated heterocycles. The van der Waals surface area contributed by atoms with E-state index in [9.17, 15) is 9.59 Å². The van der Waals surface area contributed by atoms with E-state index in [1.165, 1.54) is 10.4 Å². The zero-order valence-corrected chi connectivity index (χ0v) is 14.4. The maximum absolute atomic E-state index is 12.3. The highest BCUT2D eigenvalue weighted by Crippen LogP contribution is 2.23. The third-order valence-electron chi connectivity index (χ3n) is 3.99. The lowest BCUT2D eigenvalue weighted by Crippen LogP contribution is -2.42. The number of ether oxygens (including phenoxy) is 1. The summed E-state index contributed by atoms with van der Waals surface area (Å²) in [7, 11) is 0. The second-order valence-corrected chi connectivity index (χ2v) is 6.58. The lowest BCUT2D eigenvalue weighted by atomic mass is 10.1. The van der Waals surface area contributed by atoms with Gasteiger partial charge >= 0.3 is 0 Å². The topological polar surface area (TPSA) is 58.6 Å². The van der Waals surface area contributed by atoms with Crippen LogP contribution >= 0.6 is 11.3 Å². The number of nitrogens with zero attached hydrogens (tertiary/aromatic N) is 1. The highest BCUT2D eigenvalue weighted by Gasteiger charge is 2.21. The Bertz CT molecular complexity index is 724. The SMILES string of the molecule is CCOc1ccc(C(=O)NCC(=O)N2CCc3sccc3C2)cc1. The predicted octanol–water partition coefficient (Wildman–Crippen LogP) is 2.46. The summed E-state index contributed by atoms with van der Waals surface area (Å²) in [4.78, 5) is 27.6. The summed E-state index contributed by atoms with van der Waals surface area (Å²) in [5.41, 5.74) is 1.74. The highest BCUT2D eigenvalue weighted by atomic mass is 32.1. The van der Waals surface area contributed by atoms with Crippen LogP contribution in [0.5, 0.6) is 5.75 Å². The summed E-state index contributed by atoms with van der Waals surface area (Å²) in [6.07, 6.45) is 0.894. The van der Waals surface area contributed by atoms with Gasteiger partial charge in [-0.3, -0.25) is 9.59 Å². The summed E-state index contributed by atoms with van der Waals surface area (Å²) in [6, 6.07) is 8.97. The molecular formula is C18H20N2O3S. The van der Waals surface area contributed by atoms with Gasteiger partial charge in [0, 0.05) is 23.5 Å². The zero-order valence-electron chi connectivity index (χ0n) is 13.6. The Morgan fingerprint density at radius 2 is 2.04 bits per heavy atom. The number of amides is 2. The Hall–Kier alpha value is -2.34. The Labute approximate surface area is 145 Å². The first kappa shape index (κ1) is 16.5. The molecule has 1 N–H and O–H groups in total. The molecule has 0 aliphatic carbocycles. The number of rotatable bonds is 5. The number of nitrogens with one attached hydrogen (secondary N) is 1. The molecule has 0 fully saturated rings. The minimum atomic E-state index is -0.250. The third kappa shape index (κ3) is 3.76. The van der Waals surface area contributed by atoms with E-state index >= 15 is 0 Å². The molecule has 2 heterocycles. The number of thiophene rings is 1. The smallest absolute Gasteiger partial charge is 0.251 e. The lowest BCUT2D eigenvalue weighted by molar-refractivity contribution is -0.131. The van der Waals surface area contributed by atoms with Crippen molar-refractivity contribution in [3.05, 3.63) is 51.7 Å². The van der Waals surface area contributed by atoms with E-state index in [4.69, 9.17) is 4.74 Å². The van der Waals surface area contributed by atoms with Crippen LogP contribution in [-0.2, 0) is 17.8 Å². The second-order valence-electron chi connectivity index (χ2n) is 5.57. The van der Waals surface area contributed by atoms with Crippen LogP contribution in [-0.4, -0.2) is 36.4 Å². The molecule has 24 heavy (non-hydrogen) atoms. The molecule has 2 amide bonds. The Kier molecular flexibility index (Phi) is 5.15. The fraction of sp³-hybridized carbons (Fsp3) is 0.333. The first-order valence-electron chi connectivity index (χ1n) is 8.01. The van der Waals surface area contributed by atoms with Crippen molar-refractivity contribution in [1.82, 2.24) is 10.2 Å². The van der Waals surface area contributed by atoms with E-state index in [-0.39, 0.29) is 18.4 Å². The maximum Gasteiger partial charge on any atom is 0.251 e. The molecule has 0 saturated carbocycles. The van der Waals surface area contributed by atoms with E-state index in [0.717, 1.165) is 12.2 Å². The molecule has 3 rings (SSSR count). The Morgan fingerprint density at radius 3 is 2.79 bits per heavy atom. The molecule has 0 spiro atoms. The first-order chi connectivity index (χ1) is 11.7. The fourth-order valence-corrected chi connectivity index (χ4v) is 3.59. The zero-order chi connectivity index (χ0) is 16.9. The molecule has 1 aliphatic heterocycles. The molecule has 1 aliphatic rings. The molecular weight excluding hydrogens is 324 g/mol. The van der Waals surface area contributed by atoms with Crippen molar-refractivity contribution in [2.24, 2.45) is 0 Å². The van der Waals surface area contributed by atoms with Crippen LogP contribution < -0.4 is 10.1 Å². The van der Waals surface area contributed by atoms with Gasteiger partial charge in [-0.2, -0.15) is 0 Å². The van der Waals surface area contributed by atoms with Gasteiger partial charge in [0.1, 0.15) is 5.75 Å². The summed E-state index contributed by atoms with van der Waals surface area (Å²) >= 11 is 1.74. The first-order valence-corrected chi connectivity index (χ1v) is 8.89. The summed E-state index contributed by atoms with van der Waals surface area (Å²) in [5.74, 6) is 0.427. The average molecular weight is 344 g/mol. The van der Waals surface area contributed by atoms with Gasteiger partial charge in [-0.05, 0) is 54.6 Å². The van der Waals surface area contributed by atoms with Crippen molar-refractivity contribution in [3.8, 4) is 5.75 Å². The normalized spacial score (nSPS) is 13.3. The van der Waals surface area contributed by atoms with Gasteiger partial charge in [-0.25, -0.2) is 0 Å². The van der Waals surface area contributed by atoms with Gasteiger partial charge in [0.25, 0.3) is 5.91 Å². The van der Waals surface area contributed by atoms with Crippen molar-refractivity contribution in [2.45, 2.75) is 19.9 Å². The van der Waals surface area contributed by atoms with E-state index in [1.54, 1.807) is 40.5 Å². The van der Waals surface area contributed by atoms with Gasteiger partial charge in [0.15, 0.2) is 0 Å². The minimum absolute atomic E-state index is 0.0194. The summed E-state index contributed by atoms with van der Waals surface area (Å²) in [6.45, 7) is 3.86. The van der Waals surface area contributed by atoms with E-state index in [0.29, 0.717) is 25.3 Å². The third-order valence-corrected chi connectivity index (χ3v) is 5.01. The van der Waals surface area contributed by atoms with Crippen LogP contribution in [0.4, 0.5) is 0 Å². The van der Waals surface area contributed by atoms with Gasteiger partial charge < -0.3 is 15.0 Å². The Morgan fingerprint density at radius 1 is 1.25 bits per heavy atom. The summed E-state index contributed by atoms with van der Waals surface area (Å²) < 4.78 is 5.35. The van der Waals surface area contributed by atoms with Crippen LogP contribution in [0.3, 0.4) is 0 Å². The quantitative estimate of drug-likeness (QED) is 0.906. The van der Waals surface area contributed by atoms with Crippen LogP contribution in [0.1, 0.15) is 27.7 Å². The van der Waals surface area contributed by atoms with Crippen LogP contribution in [0.2, 0.25) is 0 Å². The molecule has 0 unspecified atom stereocenters. The van der Waals surface area contributed by atoms with Crippen LogP contribution in [0.15, 0.2) is 35.7 Å². The van der Waals surface area contributed by atoms with Crippen molar-refractivity contribution in [1.29, 1.82) is 0 Å². The Balaban J connectivity index is 1.51. The largest absolute Gasteiger partial charge is 0.494 e. The number of carbonyl (C=O) groups is 2. The molecule has 6 heteroatoms. The maximum atomic E-state index is 12.3. The van der Waals surface area contributed by atoms with Crippen molar-refractivity contribution in [2.75, 3.05) is 19.7 Å². The van der Waals surface area contributed by atoms with Crippen molar-refractivity contribution in [3.63, 3.8) is 0 Å². The van der Waals surface area contributed by atoms with Gasteiger partial charge in [0.2, 0.25) is 5.91 Å². The molecule has 1 aromatic carbocycles. The standard InChI is InChI=1S/C18H20N2O3S/c1-2-23-15-5-3-13(4-6-15)18(22)19-11-17(21)20-9-7-16-14(12-20)8-10-24-16/h3-6,8,10H,2,7,9,11-12H2,1H3,(H,19,22). The summed E-state index contributed by atoms with van der Waals surface area (Å²) in [5, 5.41) is 4.76. The fourth-order valence-electron chi connectivity index (χ4n) is 2.70. The monoisotopic (exact) mass is 344 g/mol. The van der Waals surface area contributed by atoms with E-state index in [1.807, 2.05) is 6.92 Å². The highest BCUT2D eigenvalue weighted by molar-refractivity contribution is 7.10. The number of carbonyl (C=O) groups excluding carboxylic acids is 2. The van der Waals surface area contributed by atoms with Gasteiger partial charge in [-0.15, -0.1) is 11.3 Å². The number of hydrogen-bond donors (Lipinski definition) is 1.